The van der Waals surface area contributed by atoms with Crippen molar-refractivity contribution < 1.29 is 14.6 Å². The van der Waals surface area contributed by atoms with Gasteiger partial charge in [0, 0.05) is 19.1 Å². The number of hydrogen-bond donors (Lipinski definition) is 2. The molecule has 1 aromatic heterocycles. The van der Waals surface area contributed by atoms with Gasteiger partial charge < -0.3 is 20.1 Å². The fourth-order valence-electron chi connectivity index (χ4n) is 2.65. The normalized spacial score (nSPS) is 17.8. The Labute approximate surface area is 125 Å². The quantitative estimate of drug-likeness (QED) is 0.753. The van der Waals surface area contributed by atoms with Crippen LogP contribution in [0, 0.1) is 6.92 Å². The fraction of sp³-hybridized carbons (Fsp3) is 0.600. The number of aryl methyl sites for hydroxylation is 1. The summed E-state index contributed by atoms with van der Waals surface area (Å²) in [6.45, 7) is 4.25. The highest BCUT2D eigenvalue weighted by Gasteiger charge is 2.20. The summed E-state index contributed by atoms with van der Waals surface area (Å²) in [5.41, 5.74) is 1.12. The lowest BCUT2D eigenvalue weighted by Gasteiger charge is -2.26. The summed E-state index contributed by atoms with van der Waals surface area (Å²) in [6, 6.07) is 3.97. The molecule has 1 atom stereocenters. The molecule has 0 aliphatic carbocycles. The number of ether oxygens (including phenoxy) is 1. The highest BCUT2D eigenvalue weighted by Crippen LogP contribution is 2.17. The number of carbonyl (C=O) groups excluding carboxylic acids is 1. The first-order chi connectivity index (χ1) is 10.2. The molecule has 0 spiro atoms. The summed E-state index contributed by atoms with van der Waals surface area (Å²) in [5, 5.41) is 12.7. The molecule has 1 aliphatic rings. The maximum atomic E-state index is 11.6. The Morgan fingerprint density at radius 2 is 2.38 bits per heavy atom. The third-order valence-corrected chi connectivity index (χ3v) is 3.77. The summed E-state index contributed by atoms with van der Waals surface area (Å²) >= 11 is 0. The van der Waals surface area contributed by atoms with Crippen molar-refractivity contribution in [2.45, 2.75) is 25.8 Å². The third kappa shape index (κ3) is 3.92. The van der Waals surface area contributed by atoms with E-state index < -0.39 is 0 Å². The predicted molar refractivity (Wildman–Crippen MR) is 80.6 cm³/mol. The molecule has 2 heterocycles. The molecule has 1 aliphatic heterocycles. The van der Waals surface area contributed by atoms with Crippen LogP contribution in [0.2, 0.25) is 0 Å². The summed E-state index contributed by atoms with van der Waals surface area (Å²) in [6.07, 6.45) is 2.33. The highest BCUT2D eigenvalue weighted by atomic mass is 16.5. The second-order valence-corrected chi connectivity index (χ2v) is 5.26. The van der Waals surface area contributed by atoms with Gasteiger partial charge in [-0.05, 0) is 38.4 Å². The minimum Gasteiger partial charge on any atom is -0.465 e. The van der Waals surface area contributed by atoms with Crippen molar-refractivity contribution in [2.24, 2.45) is 0 Å². The van der Waals surface area contributed by atoms with Crippen molar-refractivity contribution in [1.29, 1.82) is 0 Å². The first kappa shape index (κ1) is 15.7. The van der Waals surface area contributed by atoms with Gasteiger partial charge in [-0.1, -0.05) is 0 Å². The van der Waals surface area contributed by atoms with Gasteiger partial charge in [-0.25, -0.2) is 9.78 Å². The van der Waals surface area contributed by atoms with Crippen LogP contribution in [-0.2, 0) is 4.74 Å². The Morgan fingerprint density at radius 1 is 1.57 bits per heavy atom. The first-order valence-corrected chi connectivity index (χ1v) is 7.31. The number of aromatic nitrogens is 1. The number of nitrogens with one attached hydrogen (secondary N) is 1. The average molecular weight is 293 g/mol. The first-order valence-electron chi connectivity index (χ1n) is 7.31. The molecule has 1 unspecified atom stereocenters. The Morgan fingerprint density at radius 3 is 2.95 bits per heavy atom. The fourth-order valence-corrected chi connectivity index (χ4v) is 2.65. The number of aliphatic hydroxyl groups is 1. The molecule has 0 radical (unpaired) electrons. The van der Waals surface area contributed by atoms with Crippen molar-refractivity contribution in [3.8, 4) is 0 Å². The monoisotopic (exact) mass is 293 g/mol. The van der Waals surface area contributed by atoms with Crippen LogP contribution >= 0.6 is 0 Å². The van der Waals surface area contributed by atoms with E-state index >= 15 is 0 Å². The van der Waals surface area contributed by atoms with Gasteiger partial charge in [0.2, 0.25) is 0 Å². The van der Waals surface area contributed by atoms with Gasteiger partial charge in [-0.15, -0.1) is 0 Å². The highest BCUT2D eigenvalue weighted by molar-refractivity contribution is 5.90. The number of anilines is 1. The lowest BCUT2D eigenvalue weighted by molar-refractivity contribution is 0.0599. The standard InChI is InChI=1S/C15H23N3O3/c1-11-13(15(20)21-2)5-6-14(17-11)18(8-9-19)10-12-4-3-7-16-12/h5-6,12,16,19H,3-4,7-10H2,1-2H3. The second-order valence-electron chi connectivity index (χ2n) is 5.26. The molecule has 21 heavy (non-hydrogen) atoms. The van der Waals surface area contributed by atoms with E-state index in [1.807, 2.05) is 6.07 Å². The van der Waals surface area contributed by atoms with E-state index in [0.717, 1.165) is 25.3 Å². The van der Waals surface area contributed by atoms with Crippen LogP contribution in [0.1, 0.15) is 28.9 Å². The number of rotatable bonds is 6. The van der Waals surface area contributed by atoms with Crippen LogP contribution in [-0.4, -0.2) is 55.5 Å². The van der Waals surface area contributed by atoms with Crippen LogP contribution in [0.3, 0.4) is 0 Å². The van der Waals surface area contributed by atoms with Crippen molar-refractivity contribution in [2.75, 3.05) is 38.3 Å². The van der Waals surface area contributed by atoms with Gasteiger partial charge in [0.25, 0.3) is 0 Å². The number of pyridine rings is 1. The number of hydrogen-bond acceptors (Lipinski definition) is 6. The zero-order valence-corrected chi connectivity index (χ0v) is 12.6. The van der Waals surface area contributed by atoms with Crippen molar-refractivity contribution in [3.63, 3.8) is 0 Å². The molecule has 0 saturated carbocycles. The summed E-state index contributed by atoms with van der Waals surface area (Å²) < 4.78 is 4.73. The van der Waals surface area contributed by atoms with Gasteiger partial charge in [-0.3, -0.25) is 0 Å². The van der Waals surface area contributed by atoms with Crippen LogP contribution in [0.5, 0.6) is 0 Å². The Bertz CT molecular complexity index is 487. The maximum Gasteiger partial charge on any atom is 0.339 e. The van der Waals surface area contributed by atoms with Gasteiger partial charge in [0.1, 0.15) is 5.82 Å². The van der Waals surface area contributed by atoms with Crippen LogP contribution in [0.15, 0.2) is 12.1 Å². The molecule has 1 fully saturated rings. The molecule has 116 valence electrons. The van der Waals surface area contributed by atoms with E-state index in [1.54, 1.807) is 13.0 Å². The second kappa shape index (κ2) is 7.38. The van der Waals surface area contributed by atoms with Gasteiger partial charge in [-0.2, -0.15) is 0 Å². The molecular formula is C15H23N3O3. The van der Waals surface area contributed by atoms with Crippen molar-refractivity contribution in [3.05, 3.63) is 23.4 Å². The Hall–Kier alpha value is -1.66. The minimum atomic E-state index is -0.377. The summed E-state index contributed by atoms with van der Waals surface area (Å²) in [4.78, 5) is 18.1. The zero-order chi connectivity index (χ0) is 15.2. The number of carbonyl (C=O) groups is 1. The molecular weight excluding hydrogens is 270 g/mol. The number of esters is 1. The van der Waals surface area contributed by atoms with E-state index in [2.05, 4.69) is 15.2 Å². The molecule has 6 heteroatoms. The Kier molecular flexibility index (Phi) is 5.52. The van der Waals surface area contributed by atoms with E-state index in [0.29, 0.717) is 23.8 Å². The predicted octanol–water partition coefficient (Wildman–Crippen LogP) is 0.727. The SMILES string of the molecule is COC(=O)c1ccc(N(CCO)CC2CCCN2)nc1C. The molecule has 0 aromatic carbocycles. The number of nitrogens with zero attached hydrogens (tertiary/aromatic N) is 2. The molecule has 0 amide bonds. The van der Waals surface area contributed by atoms with Gasteiger partial charge in [0.15, 0.2) is 0 Å². The lowest BCUT2D eigenvalue weighted by atomic mass is 10.2. The van der Waals surface area contributed by atoms with Crippen LogP contribution in [0.4, 0.5) is 5.82 Å². The van der Waals surface area contributed by atoms with E-state index in [1.165, 1.54) is 13.5 Å². The summed E-state index contributed by atoms with van der Waals surface area (Å²) in [7, 11) is 1.36. The topological polar surface area (TPSA) is 74.7 Å². The number of aliphatic hydroxyl groups excluding tert-OH is 1. The molecule has 1 saturated heterocycles. The maximum absolute atomic E-state index is 11.6. The van der Waals surface area contributed by atoms with E-state index in [9.17, 15) is 9.90 Å². The smallest absolute Gasteiger partial charge is 0.339 e. The van der Waals surface area contributed by atoms with Crippen LogP contribution < -0.4 is 10.2 Å². The molecule has 0 bridgehead atoms. The minimum absolute atomic E-state index is 0.0756. The van der Waals surface area contributed by atoms with Gasteiger partial charge in [0.05, 0.1) is 25.0 Å². The van der Waals surface area contributed by atoms with Crippen LogP contribution in [0.25, 0.3) is 0 Å². The summed E-state index contributed by atoms with van der Waals surface area (Å²) in [5.74, 6) is 0.403. The molecule has 2 N–H and O–H groups in total. The lowest BCUT2D eigenvalue weighted by Crippen LogP contribution is -2.39. The average Bonchev–Trinajstić information content (AvgIpc) is 2.99. The van der Waals surface area contributed by atoms with E-state index in [4.69, 9.17) is 4.74 Å². The molecule has 6 nitrogen and oxygen atoms in total. The van der Waals surface area contributed by atoms with E-state index in [-0.39, 0.29) is 12.6 Å². The largest absolute Gasteiger partial charge is 0.465 e. The third-order valence-electron chi connectivity index (χ3n) is 3.77. The number of methoxy groups -OCH3 is 1. The van der Waals surface area contributed by atoms with Crippen molar-refractivity contribution in [1.82, 2.24) is 10.3 Å². The van der Waals surface area contributed by atoms with Crippen molar-refractivity contribution >= 4 is 11.8 Å². The molecule has 2 rings (SSSR count). The van der Waals surface area contributed by atoms with Gasteiger partial charge >= 0.3 is 5.97 Å². The molecule has 1 aromatic rings. The Balaban J connectivity index is 2.15. The zero-order valence-electron chi connectivity index (χ0n) is 12.6.